The highest BCUT2D eigenvalue weighted by molar-refractivity contribution is 7.07. The minimum atomic E-state index is 0.160. The first kappa shape index (κ1) is 18.6. The van der Waals surface area contributed by atoms with E-state index in [1.54, 1.807) is 17.7 Å². The fourth-order valence-corrected chi connectivity index (χ4v) is 5.43. The Balaban J connectivity index is 1.49. The molecule has 1 saturated carbocycles. The number of aromatic nitrogens is 8. The van der Waals surface area contributed by atoms with Crippen LogP contribution in [0.15, 0.2) is 29.6 Å². The van der Waals surface area contributed by atoms with E-state index >= 15 is 0 Å². The smallest absolute Gasteiger partial charge is 0.237 e. The lowest BCUT2D eigenvalue weighted by atomic mass is 10.0. The zero-order chi connectivity index (χ0) is 20.9. The van der Waals surface area contributed by atoms with Crippen molar-refractivity contribution in [2.24, 2.45) is 0 Å². The third-order valence-corrected chi connectivity index (χ3v) is 6.91. The number of hydrogen-bond acceptors (Lipinski definition) is 8. The number of nitrogens with zero attached hydrogens (tertiary/aromatic N) is 9. The largest absolute Gasteiger partial charge is 0.341 e. The maximum Gasteiger partial charge on any atom is 0.237 e. The van der Waals surface area contributed by atoms with Crippen LogP contribution in [0.1, 0.15) is 56.7 Å². The third-order valence-electron chi connectivity index (χ3n) is 6.32. The highest BCUT2D eigenvalue weighted by atomic mass is 32.1. The van der Waals surface area contributed by atoms with E-state index in [4.69, 9.17) is 4.98 Å². The molecule has 1 atom stereocenters. The van der Waals surface area contributed by atoms with Gasteiger partial charge in [-0.25, -0.2) is 15.0 Å². The second kappa shape index (κ2) is 7.23. The quantitative estimate of drug-likeness (QED) is 0.482. The molecule has 0 N–H and O–H groups in total. The summed E-state index contributed by atoms with van der Waals surface area (Å²) in [7, 11) is 0. The summed E-state index contributed by atoms with van der Waals surface area (Å²) >= 11 is 1.56. The molecular formula is C21H23N9S. The van der Waals surface area contributed by atoms with Crippen molar-refractivity contribution < 1.29 is 0 Å². The van der Waals surface area contributed by atoms with Crippen molar-refractivity contribution in [1.29, 1.82) is 0 Å². The summed E-state index contributed by atoms with van der Waals surface area (Å²) in [4.78, 5) is 21.1. The van der Waals surface area contributed by atoms with Crippen molar-refractivity contribution in [3.63, 3.8) is 0 Å². The molecule has 0 amide bonds. The van der Waals surface area contributed by atoms with Crippen molar-refractivity contribution in [3.05, 3.63) is 41.3 Å². The monoisotopic (exact) mass is 433 g/mol. The van der Waals surface area contributed by atoms with Gasteiger partial charge in [0.2, 0.25) is 5.95 Å². The minimum absolute atomic E-state index is 0.160. The summed E-state index contributed by atoms with van der Waals surface area (Å²) in [5.74, 6) is 3.43. The van der Waals surface area contributed by atoms with Gasteiger partial charge in [-0.05, 0) is 26.2 Å². The number of imidazole rings is 1. The Labute approximate surface area is 183 Å². The number of hydrogen-bond donors (Lipinski definition) is 0. The summed E-state index contributed by atoms with van der Waals surface area (Å²) in [6.07, 6.45) is 11.4. The van der Waals surface area contributed by atoms with Gasteiger partial charge in [0.15, 0.2) is 11.6 Å². The molecule has 0 bridgehead atoms. The van der Waals surface area contributed by atoms with Gasteiger partial charge in [0.25, 0.3) is 0 Å². The molecule has 5 heterocycles. The van der Waals surface area contributed by atoms with E-state index in [2.05, 4.69) is 41.5 Å². The molecule has 1 aliphatic heterocycles. The molecule has 1 fully saturated rings. The topological polar surface area (TPSA) is 90.4 Å². The van der Waals surface area contributed by atoms with Gasteiger partial charge in [0, 0.05) is 17.6 Å². The highest BCUT2D eigenvalue weighted by Crippen LogP contribution is 2.43. The molecule has 1 unspecified atom stereocenters. The van der Waals surface area contributed by atoms with Crippen LogP contribution in [-0.2, 0) is 0 Å². The summed E-state index contributed by atoms with van der Waals surface area (Å²) in [6.45, 7) is 4.20. The Morgan fingerprint density at radius 2 is 1.97 bits per heavy atom. The first-order valence-electron chi connectivity index (χ1n) is 10.7. The van der Waals surface area contributed by atoms with Crippen LogP contribution in [0.5, 0.6) is 0 Å². The Kier molecular flexibility index (Phi) is 4.34. The van der Waals surface area contributed by atoms with E-state index < -0.39 is 0 Å². The van der Waals surface area contributed by atoms with E-state index in [9.17, 15) is 0 Å². The van der Waals surface area contributed by atoms with Crippen LogP contribution < -0.4 is 4.90 Å². The molecule has 9 nitrogen and oxygen atoms in total. The molecule has 2 aliphatic rings. The summed E-state index contributed by atoms with van der Waals surface area (Å²) < 4.78 is 3.99. The van der Waals surface area contributed by atoms with Crippen LogP contribution in [-0.4, -0.2) is 45.3 Å². The van der Waals surface area contributed by atoms with Crippen molar-refractivity contribution >= 4 is 17.2 Å². The van der Waals surface area contributed by atoms with E-state index in [0.29, 0.717) is 12.0 Å². The molecule has 4 aromatic heterocycles. The molecule has 1 aliphatic carbocycles. The zero-order valence-electron chi connectivity index (χ0n) is 17.5. The zero-order valence-corrected chi connectivity index (χ0v) is 18.3. The third kappa shape index (κ3) is 2.88. The molecule has 31 heavy (non-hydrogen) atoms. The predicted molar refractivity (Wildman–Crippen MR) is 118 cm³/mol. The van der Waals surface area contributed by atoms with Gasteiger partial charge >= 0.3 is 0 Å². The highest BCUT2D eigenvalue weighted by Gasteiger charge is 2.39. The number of thiazole rings is 1. The van der Waals surface area contributed by atoms with Gasteiger partial charge in [0.1, 0.15) is 29.2 Å². The van der Waals surface area contributed by atoms with Gasteiger partial charge < -0.3 is 4.90 Å². The van der Waals surface area contributed by atoms with E-state index in [1.165, 1.54) is 25.7 Å². The minimum Gasteiger partial charge on any atom is -0.341 e. The summed E-state index contributed by atoms with van der Waals surface area (Å²) in [5, 5.41) is 10.9. The molecule has 0 radical (unpaired) electrons. The lowest BCUT2D eigenvalue weighted by molar-refractivity contribution is 0.467. The Morgan fingerprint density at radius 3 is 2.74 bits per heavy atom. The first-order valence-corrected chi connectivity index (χ1v) is 11.7. The Hall–Kier alpha value is -3.14. The van der Waals surface area contributed by atoms with Crippen LogP contribution >= 0.6 is 11.3 Å². The second-order valence-corrected chi connectivity index (χ2v) is 8.85. The average molecular weight is 434 g/mol. The van der Waals surface area contributed by atoms with Crippen molar-refractivity contribution in [2.75, 3.05) is 4.90 Å². The van der Waals surface area contributed by atoms with Gasteiger partial charge in [-0.2, -0.15) is 4.98 Å². The standard InChI is InChI=1S/C21H23N9S/c1-3-17-20-27-26-13(2)29(20)18-8-22-21(25-19(18)30(17)14-6-4-5-7-14)28-9-15(23-11-28)16-10-31-12-24-16/h8-12,14,17H,3-7H2,1-2H3. The summed E-state index contributed by atoms with van der Waals surface area (Å²) in [6, 6.07) is 0.624. The molecule has 158 valence electrons. The normalized spacial score (nSPS) is 18.4. The van der Waals surface area contributed by atoms with Crippen LogP contribution in [0.2, 0.25) is 0 Å². The SMILES string of the molecule is CCC1c2nnc(C)n2-c2cnc(-n3cnc(-c4cscn4)c3)nc2N1C1CCCC1. The van der Waals surface area contributed by atoms with Gasteiger partial charge in [-0.1, -0.05) is 19.8 Å². The molecule has 10 heteroatoms. The van der Waals surface area contributed by atoms with Crippen molar-refractivity contribution in [1.82, 2.24) is 39.3 Å². The maximum absolute atomic E-state index is 5.07. The molecular weight excluding hydrogens is 410 g/mol. The van der Waals surface area contributed by atoms with Gasteiger partial charge in [-0.15, -0.1) is 21.5 Å². The van der Waals surface area contributed by atoms with Gasteiger partial charge in [0.05, 0.1) is 17.7 Å². The second-order valence-electron chi connectivity index (χ2n) is 8.13. The van der Waals surface area contributed by atoms with Crippen LogP contribution in [0.3, 0.4) is 0 Å². The van der Waals surface area contributed by atoms with E-state index in [-0.39, 0.29) is 6.04 Å². The first-order chi connectivity index (χ1) is 15.2. The average Bonchev–Trinajstić information content (AvgIpc) is 3.59. The lowest BCUT2D eigenvalue weighted by Crippen LogP contribution is -2.42. The fourth-order valence-electron chi connectivity index (χ4n) is 4.89. The Morgan fingerprint density at radius 1 is 1.10 bits per heavy atom. The fraction of sp³-hybridized carbons (Fsp3) is 0.429. The van der Waals surface area contributed by atoms with Crippen molar-refractivity contribution in [3.8, 4) is 23.0 Å². The lowest BCUT2D eigenvalue weighted by Gasteiger charge is -2.41. The molecule has 6 rings (SSSR count). The predicted octanol–water partition coefficient (Wildman–Crippen LogP) is 3.89. The number of fused-ring (bicyclic) bond motifs is 3. The van der Waals surface area contributed by atoms with E-state index in [0.717, 1.165) is 41.0 Å². The number of anilines is 1. The molecule has 0 aromatic carbocycles. The van der Waals surface area contributed by atoms with Gasteiger partial charge in [-0.3, -0.25) is 9.13 Å². The van der Waals surface area contributed by atoms with Crippen molar-refractivity contribution in [2.45, 2.75) is 58.0 Å². The van der Waals surface area contributed by atoms with Crippen LogP contribution in [0, 0.1) is 6.92 Å². The summed E-state index contributed by atoms with van der Waals surface area (Å²) in [5.41, 5.74) is 4.45. The molecule has 0 saturated heterocycles. The van der Waals surface area contributed by atoms with Crippen LogP contribution in [0.4, 0.5) is 5.82 Å². The van der Waals surface area contributed by atoms with Crippen LogP contribution in [0.25, 0.3) is 23.0 Å². The number of rotatable bonds is 4. The molecule has 4 aromatic rings. The number of aryl methyl sites for hydroxylation is 1. The Bertz CT molecular complexity index is 1220. The maximum atomic E-state index is 5.07. The molecule has 0 spiro atoms. The van der Waals surface area contributed by atoms with E-state index in [1.807, 2.05) is 34.8 Å².